The molecule has 0 radical (unpaired) electrons. The molecule has 0 spiro atoms. The summed E-state index contributed by atoms with van der Waals surface area (Å²) in [6, 6.07) is 15.6. The van der Waals surface area contributed by atoms with Crippen molar-refractivity contribution in [1.29, 1.82) is 5.26 Å². The Morgan fingerprint density at radius 2 is 1.37 bits per heavy atom. The van der Waals surface area contributed by atoms with E-state index >= 15 is 0 Å². The van der Waals surface area contributed by atoms with Crippen molar-refractivity contribution in [2.45, 2.75) is 35.6 Å². The summed E-state index contributed by atoms with van der Waals surface area (Å²) in [5.41, 5.74) is 0. The summed E-state index contributed by atoms with van der Waals surface area (Å²) in [7, 11) is -8.75. The minimum Gasteiger partial charge on any atom is -0.206 e. The van der Waals surface area contributed by atoms with Crippen molar-refractivity contribution in [3.8, 4) is 6.07 Å². The first-order valence-electron chi connectivity index (χ1n) is 8.31. The molecule has 0 amide bonds. The molecule has 0 aliphatic heterocycles. The molecule has 2 rings (SSSR count). The second-order valence-corrected chi connectivity index (χ2v) is 9.57. The second-order valence-electron chi connectivity index (χ2n) is 5.71. The molecule has 142 valence electrons. The molecular weight excluding hydrogens is 384 g/mol. The van der Waals surface area contributed by atoms with Gasteiger partial charge in [-0.3, -0.25) is 0 Å². The van der Waals surface area contributed by atoms with Crippen LogP contribution in [0.15, 0.2) is 82.6 Å². The Labute approximate surface area is 160 Å². The molecule has 27 heavy (non-hydrogen) atoms. The lowest BCUT2D eigenvalue weighted by atomic mass is 10.2. The van der Waals surface area contributed by atoms with Crippen LogP contribution in [0.1, 0.15) is 19.8 Å². The van der Waals surface area contributed by atoms with Gasteiger partial charge >= 0.3 is 0 Å². The maximum Gasteiger partial charge on any atom is 0.256 e. The molecule has 1 unspecified atom stereocenters. The van der Waals surface area contributed by atoms with Gasteiger partial charge in [0.1, 0.15) is 0 Å². The SMILES string of the molecule is CCCC(/C=C/C#N)N(S(=O)(=O)c1ccccc1)S(=O)(=O)c1ccccc1. The van der Waals surface area contributed by atoms with Crippen LogP contribution in [-0.2, 0) is 20.0 Å². The molecule has 0 saturated heterocycles. The van der Waals surface area contributed by atoms with E-state index in [1.165, 1.54) is 54.6 Å². The molecule has 2 aromatic rings. The molecule has 0 N–H and O–H groups in total. The van der Waals surface area contributed by atoms with E-state index in [0.29, 0.717) is 10.1 Å². The van der Waals surface area contributed by atoms with Crippen molar-refractivity contribution in [1.82, 2.24) is 3.71 Å². The second kappa shape index (κ2) is 8.95. The largest absolute Gasteiger partial charge is 0.256 e. The molecule has 0 bridgehead atoms. The van der Waals surface area contributed by atoms with E-state index in [-0.39, 0.29) is 16.2 Å². The van der Waals surface area contributed by atoms with Gasteiger partial charge in [0, 0.05) is 6.08 Å². The van der Waals surface area contributed by atoms with E-state index in [1.807, 2.05) is 6.92 Å². The quantitative estimate of drug-likeness (QED) is 0.629. The van der Waals surface area contributed by atoms with Crippen molar-refractivity contribution in [2.75, 3.05) is 0 Å². The van der Waals surface area contributed by atoms with Crippen LogP contribution in [0.25, 0.3) is 0 Å². The molecule has 0 heterocycles. The highest BCUT2D eigenvalue weighted by atomic mass is 32.3. The molecule has 8 heteroatoms. The number of sulfonamides is 2. The van der Waals surface area contributed by atoms with Gasteiger partial charge in [-0.2, -0.15) is 5.26 Å². The van der Waals surface area contributed by atoms with Gasteiger partial charge in [-0.25, -0.2) is 16.8 Å². The zero-order valence-corrected chi connectivity index (χ0v) is 16.4. The van der Waals surface area contributed by atoms with E-state index in [2.05, 4.69) is 0 Å². The third-order valence-corrected chi connectivity index (χ3v) is 8.21. The van der Waals surface area contributed by atoms with Crippen LogP contribution in [0.5, 0.6) is 0 Å². The van der Waals surface area contributed by atoms with Crippen molar-refractivity contribution >= 4 is 20.0 Å². The topological polar surface area (TPSA) is 95.3 Å². The lowest BCUT2D eigenvalue weighted by Crippen LogP contribution is -2.43. The fourth-order valence-corrected chi connectivity index (χ4v) is 6.63. The smallest absolute Gasteiger partial charge is 0.206 e. The standard InChI is InChI=1S/C19H20N2O4S2/c1-2-10-17(11-9-16-20)21(26(22,23)18-12-5-3-6-13-18)27(24,25)19-14-7-4-8-15-19/h3-9,11-15,17H,2,10H2,1H3/b11-9+. The van der Waals surface area contributed by atoms with Gasteiger partial charge in [0.05, 0.1) is 21.9 Å². The van der Waals surface area contributed by atoms with Crippen LogP contribution in [0.3, 0.4) is 0 Å². The van der Waals surface area contributed by atoms with Crippen LogP contribution in [0.4, 0.5) is 0 Å². The number of hydrogen-bond donors (Lipinski definition) is 0. The Balaban J connectivity index is 2.72. The summed E-state index contributed by atoms with van der Waals surface area (Å²) in [6.45, 7) is 1.82. The van der Waals surface area contributed by atoms with Gasteiger partial charge in [0.2, 0.25) is 0 Å². The summed E-state index contributed by atoms with van der Waals surface area (Å²) < 4.78 is 53.6. The zero-order chi connectivity index (χ0) is 19.9. The Hall–Kier alpha value is -2.47. The molecule has 0 aromatic heterocycles. The van der Waals surface area contributed by atoms with Crippen molar-refractivity contribution < 1.29 is 16.8 Å². The third-order valence-electron chi connectivity index (χ3n) is 3.80. The van der Waals surface area contributed by atoms with E-state index in [9.17, 15) is 16.8 Å². The molecule has 1 atom stereocenters. The number of benzene rings is 2. The number of nitriles is 1. The lowest BCUT2D eigenvalue weighted by Gasteiger charge is -2.28. The highest BCUT2D eigenvalue weighted by Gasteiger charge is 2.40. The zero-order valence-electron chi connectivity index (χ0n) is 14.8. The average molecular weight is 405 g/mol. The van der Waals surface area contributed by atoms with Crippen molar-refractivity contribution in [3.63, 3.8) is 0 Å². The predicted molar refractivity (Wildman–Crippen MR) is 103 cm³/mol. The number of hydrogen-bond acceptors (Lipinski definition) is 5. The fourth-order valence-electron chi connectivity index (χ4n) is 2.60. The van der Waals surface area contributed by atoms with E-state index in [4.69, 9.17) is 5.26 Å². The van der Waals surface area contributed by atoms with Crippen molar-refractivity contribution in [3.05, 3.63) is 72.8 Å². The first-order valence-corrected chi connectivity index (χ1v) is 11.2. The molecule has 0 fully saturated rings. The molecular formula is C19H20N2O4S2. The fraction of sp³-hybridized carbons (Fsp3) is 0.211. The maximum atomic E-state index is 13.3. The van der Waals surface area contributed by atoms with Crippen LogP contribution in [-0.4, -0.2) is 26.6 Å². The van der Waals surface area contributed by atoms with Crippen LogP contribution < -0.4 is 0 Å². The number of allylic oxidation sites excluding steroid dienone is 1. The highest BCUT2D eigenvalue weighted by Crippen LogP contribution is 2.29. The minimum absolute atomic E-state index is 0.129. The van der Waals surface area contributed by atoms with Crippen LogP contribution in [0.2, 0.25) is 0 Å². The van der Waals surface area contributed by atoms with Gasteiger partial charge < -0.3 is 0 Å². The summed E-state index contributed by atoms with van der Waals surface area (Å²) in [5, 5.41) is 8.85. The molecule has 2 aromatic carbocycles. The van der Waals surface area contributed by atoms with Gasteiger partial charge in [-0.15, -0.1) is 0 Å². The molecule has 6 nitrogen and oxygen atoms in total. The highest BCUT2D eigenvalue weighted by molar-refractivity contribution is 8.04. The van der Waals surface area contributed by atoms with Gasteiger partial charge in [-0.1, -0.05) is 59.5 Å². The summed E-state index contributed by atoms with van der Waals surface area (Å²) in [6.07, 6.45) is 3.20. The predicted octanol–water partition coefficient (Wildman–Crippen LogP) is 3.31. The normalized spacial score (nSPS) is 13.5. The Morgan fingerprint density at radius 1 is 0.926 bits per heavy atom. The van der Waals surface area contributed by atoms with Crippen LogP contribution >= 0.6 is 0 Å². The van der Waals surface area contributed by atoms with E-state index in [1.54, 1.807) is 18.2 Å². The average Bonchev–Trinajstić information content (AvgIpc) is 2.67. The van der Waals surface area contributed by atoms with E-state index in [0.717, 1.165) is 6.08 Å². The summed E-state index contributed by atoms with van der Waals surface area (Å²) >= 11 is 0. The molecule has 0 aliphatic carbocycles. The monoisotopic (exact) mass is 404 g/mol. The molecule has 0 aliphatic rings. The lowest BCUT2D eigenvalue weighted by molar-refractivity contribution is 0.444. The van der Waals surface area contributed by atoms with Gasteiger partial charge in [-0.05, 0) is 30.7 Å². The van der Waals surface area contributed by atoms with Crippen LogP contribution in [0, 0.1) is 11.3 Å². The van der Waals surface area contributed by atoms with Gasteiger partial charge in [0.15, 0.2) is 0 Å². The van der Waals surface area contributed by atoms with E-state index < -0.39 is 26.1 Å². The number of nitrogens with zero attached hydrogens (tertiary/aromatic N) is 2. The first-order chi connectivity index (χ1) is 12.9. The Morgan fingerprint density at radius 3 is 1.74 bits per heavy atom. The molecule has 0 saturated carbocycles. The van der Waals surface area contributed by atoms with Crippen molar-refractivity contribution in [2.24, 2.45) is 0 Å². The maximum absolute atomic E-state index is 13.3. The summed E-state index contributed by atoms with van der Waals surface area (Å²) in [4.78, 5) is -0.257. The first kappa shape index (κ1) is 20.8. The Bertz CT molecular complexity index is 957. The third kappa shape index (κ3) is 4.63. The minimum atomic E-state index is -4.37. The van der Waals surface area contributed by atoms with Gasteiger partial charge in [0.25, 0.3) is 20.0 Å². The summed E-state index contributed by atoms with van der Waals surface area (Å²) in [5.74, 6) is 0. The Kier molecular flexibility index (Phi) is 6.91. The number of rotatable bonds is 8.